The Morgan fingerprint density at radius 3 is 1.71 bits per heavy atom. The van der Waals surface area contributed by atoms with E-state index in [4.69, 9.17) is 0 Å². The predicted octanol–water partition coefficient (Wildman–Crippen LogP) is 2.08. The van der Waals surface area contributed by atoms with Gasteiger partial charge in [0.05, 0.1) is 17.8 Å². The van der Waals surface area contributed by atoms with Crippen LogP contribution < -0.4 is 0 Å². The van der Waals surface area contributed by atoms with Gasteiger partial charge in [0.1, 0.15) is 0 Å². The molecule has 0 radical (unpaired) electrons. The summed E-state index contributed by atoms with van der Waals surface area (Å²) in [5.74, 6) is -5.96. The van der Waals surface area contributed by atoms with E-state index >= 15 is 0 Å². The van der Waals surface area contributed by atoms with E-state index in [0.29, 0.717) is 32.1 Å². The zero-order valence-corrected chi connectivity index (χ0v) is 11.9. The van der Waals surface area contributed by atoms with Crippen molar-refractivity contribution in [2.75, 3.05) is 0 Å². The van der Waals surface area contributed by atoms with Crippen molar-refractivity contribution in [3.8, 4) is 0 Å². The maximum atomic E-state index is 11.6. The highest BCUT2D eigenvalue weighted by atomic mass is 16.4. The van der Waals surface area contributed by atoms with Crippen LogP contribution in [0.15, 0.2) is 0 Å². The molecule has 0 spiro atoms. The van der Waals surface area contributed by atoms with Gasteiger partial charge in [0, 0.05) is 0 Å². The first kappa shape index (κ1) is 15.8. The van der Waals surface area contributed by atoms with Crippen molar-refractivity contribution in [1.82, 2.24) is 0 Å². The molecule has 5 unspecified atom stereocenters. The van der Waals surface area contributed by atoms with Gasteiger partial charge in [0.25, 0.3) is 0 Å². The van der Waals surface area contributed by atoms with E-state index in [-0.39, 0.29) is 11.8 Å². The number of carboxylic acids is 3. The SMILES string of the molecule is O=C(O)C1CCCCC1C1CCCC(C(=O)O)C1C(=O)O. The molecular weight excluding hydrogens is 276 g/mol. The lowest BCUT2D eigenvalue weighted by atomic mass is 9.61. The number of hydrogen-bond acceptors (Lipinski definition) is 3. The maximum absolute atomic E-state index is 11.6. The van der Waals surface area contributed by atoms with E-state index in [1.165, 1.54) is 0 Å². The third-order valence-electron chi connectivity index (χ3n) is 5.24. The Morgan fingerprint density at radius 2 is 1.14 bits per heavy atom. The summed E-state index contributed by atoms with van der Waals surface area (Å²) in [5.41, 5.74) is 0. The largest absolute Gasteiger partial charge is 0.481 e. The molecule has 21 heavy (non-hydrogen) atoms. The Morgan fingerprint density at radius 1 is 0.619 bits per heavy atom. The summed E-state index contributed by atoms with van der Waals surface area (Å²) in [5, 5.41) is 28.1. The van der Waals surface area contributed by atoms with Crippen LogP contribution in [0.2, 0.25) is 0 Å². The minimum atomic E-state index is -1.10. The molecule has 0 bridgehead atoms. The zero-order chi connectivity index (χ0) is 15.6. The van der Waals surface area contributed by atoms with Crippen LogP contribution in [-0.4, -0.2) is 33.2 Å². The second-order valence-electron chi connectivity index (χ2n) is 6.30. The second kappa shape index (κ2) is 6.45. The van der Waals surface area contributed by atoms with Gasteiger partial charge in [-0.1, -0.05) is 19.3 Å². The summed E-state index contributed by atoms with van der Waals surface area (Å²) in [6, 6.07) is 0. The molecule has 2 rings (SSSR count). The molecule has 0 saturated heterocycles. The van der Waals surface area contributed by atoms with Gasteiger partial charge >= 0.3 is 17.9 Å². The first-order valence-electron chi connectivity index (χ1n) is 7.62. The summed E-state index contributed by atoms with van der Waals surface area (Å²) in [4.78, 5) is 34.4. The van der Waals surface area contributed by atoms with Crippen molar-refractivity contribution >= 4 is 17.9 Å². The molecular formula is C15H22O6. The number of rotatable bonds is 4. The molecule has 118 valence electrons. The van der Waals surface area contributed by atoms with E-state index in [0.717, 1.165) is 12.8 Å². The van der Waals surface area contributed by atoms with Crippen LogP contribution in [0.4, 0.5) is 0 Å². The molecule has 6 heteroatoms. The van der Waals surface area contributed by atoms with E-state index in [9.17, 15) is 29.7 Å². The van der Waals surface area contributed by atoms with Gasteiger partial charge in [0.2, 0.25) is 0 Å². The Kier molecular flexibility index (Phi) is 4.85. The first-order chi connectivity index (χ1) is 9.93. The van der Waals surface area contributed by atoms with Crippen molar-refractivity contribution in [1.29, 1.82) is 0 Å². The van der Waals surface area contributed by atoms with Gasteiger partial charge in [-0.05, 0) is 37.5 Å². The molecule has 2 fully saturated rings. The molecule has 6 nitrogen and oxygen atoms in total. The van der Waals surface area contributed by atoms with E-state index in [1.54, 1.807) is 0 Å². The van der Waals surface area contributed by atoms with E-state index < -0.39 is 35.7 Å². The third kappa shape index (κ3) is 3.19. The van der Waals surface area contributed by atoms with Gasteiger partial charge in [-0.15, -0.1) is 0 Å². The molecule has 5 atom stereocenters. The Bertz CT molecular complexity index is 432. The topological polar surface area (TPSA) is 112 Å². The number of hydrogen-bond donors (Lipinski definition) is 3. The molecule has 0 amide bonds. The van der Waals surface area contributed by atoms with Crippen molar-refractivity contribution in [3.05, 3.63) is 0 Å². The van der Waals surface area contributed by atoms with Crippen LogP contribution in [0.3, 0.4) is 0 Å². The van der Waals surface area contributed by atoms with Crippen LogP contribution in [-0.2, 0) is 14.4 Å². The maximum Gasteiger partial charge on any atom is 0.307 e. The summed E-state index contributed by atoms with van der Waals surface area (Å²) < 4.78 is 0. The highest BCUT2D eigenvalue weighted by molar-refractivity contribution is 5.80. The lowest BCUT2D eigenvalue weighted by Gasteiger charge is -2.42. The fourth-order valence-corrected chi connectivity index (χ4v) is 4.32. The lowest BCUT2D eigenvalue weighted by Crippen LogP contribution is -2.45. The summed E-state index contributed by atoms with van der Waals surface area (Å²) in [6.45, 7) is 0. The lowest BCUT2D eigenvalue weighted by molar-refractivity contribution is -0.162. The van der Waals surface area contributed by atoms with Crippen molar-refractivity contribution in [3.63, 3.8) is 0 Å². The Balaban J connectivity index is 2.27. The smallest absolute Gasteiger partial charge is 0.307 e. The van der Waals surface area contributed by atoms with Gasteiger partial charge in [-0.3, -0.25) is 14.4 Å². The van der Waals surface area contributed by atoms with Gasteiger partial charge < -0.3 is 15.3 Å². The average Bonchev–Trinajstić information content (AvgIpc) is 2.46. The van der Waals surface area contributed by atoms with Gasteiger partial charge in [-0.25, -0.2) is 0 Å². The molecule has 0 aromatic carbocycles. The molecule has 0 aromatic rings. The minimum absolute atomic E-state index is 0.209. The fourth-order valence-electron chi connectivity index (χ4n) is 4.32. The van der Waals surface area contributed by atoms with Crippen LogP contribution in [0, 0.1) is 29.6 Å². The highest BCUT2D eigenvalue weighted by Crippen LogP contribution is 2.46. The minimum Gasteiger partial charge on any atom is -0.481 e. The van der Waals surface area contributed by atoms with Crippen LogP contribution in [0.5, 0.6) is 0 Å². The molecule has 0 aliphatic heterocycles. The Hall–Kier alpha value is -1.59. The molecule has 3 N–H and O–H groups in total. The van der Waals surface area contributed by atoms with E-state index in [1.807, 2.05) is 0 Å². The fraction of sp³-hybridized carbons (Fsp3) is 0.800. The molecule has 0 aromatic heterocycles. The normalized spacial score (nSPS) is 36.9. The van der Waals surface area contributed by atoms with Crippen LogP contribution in [0.25, 0.3) is 0 Å². The van der Waals surface area contributed by atoms with Crippen LogP contribution >= 0.6 is 0 Å². The predicted molar refractivity (Wildman–Crippen MR) is 72.7 cm³/mol. The molecule has 2 aliphatic carbocycles. The van der Waals surface area contributed by atoms with Crippen molar-refractivity contribution in [2.24, 2.45) is 29.6 Å². The third-order valence-corrected chi connectivity index (χ3v) is 5.24. The van der Waals surface area contributed by atoms with E-state index in [2.05, 4.69) is 0 Å². The summed E-state index contributed by atoms with van der Waals surface area (Å²) in [7, 11) is 0. The number of aliphatic carboxylic acids is 3. The average molecular weight is 298 g/mol. The summed E-state index contributed by atoms with van der Waals surface area (Å²) in [6.07, 6.45) is 4.66. The second-order valence-corrected chi connectivity index (χ2v) is 6.30. The number of carbonyl (C=O) groups is 3. The quantitative estimate of drug-likeness (QED) is 0.732. The molecule has 2 saturated carbocycles. The van der Waals surface area contributed by atoms with Crippen molar-refractivity contribution < 1.29 is 29.7 Å². The monoisotopic (exact) mass is 298 g/mol. The molecule has 2 aliphatic rings. The first-order valence-corrected chi connectivity index (χ1v) is 7.62. The van der Waals surface area contributed by atoms with Crippen LogP contribution in [0.1, 0.15) is 44.9 Å². The van der Waals surface area contributed by atoms with Gasteiger partial charge in [-0.2, -0.15) is 0 Å². The highest BCUT2D eigenvalue weighted by Gasteiger charge is 2.48. The standard InChI is InChI=1S/C15H22O6/c16-13(17)10-5-2-1-4-8(10)9-6-3-7-11(14(18)19)12(9)15(20)21/h8-12H,1-7H2,(H,16,17)(H,18,19)(H,20,21). The summed E-state index contributed by atoms with van der Waals surface area (Å²) >= 11 is 0. The van der Waals surface area contributed by atoms with Gasteiger partial charge in [0.15, 0.2) is 0 Å². The van der Waals surface area contributed by atoms with Crippen molar-refractivity contribution in [2.45, 2.75) is 44.9 Å². The zero-order valence-electron chi connectivity index (χ0n) is 11.9. The number of carboxylic acid groups (broad SMARTS) is 3. The Labute approximate surface area is 123 Å². The molecule has 0 heterocycles.